The van der Waals surface area contributed by atoms with Gasteiger partial charge in [0.15, 0.2) is 5.96 Å². The Hall–Kier alpha value is -2.41. The van der Waals surface area contributed by atoms with Gasteiger partial charge in [-0.15, -0.1) is 11.3 Å². The van der Waals surface area contributed by atoms with E-state index < -0.39 is 0 Å². The number of rotatable bonds is 9. The van der Waals surface area contributed by atoms with E-state index >= 15 is 0 Å². The predicted octanol–water partition coefficient (Wildman–Crippen LogP) is 3.13. The molecule has 0 radical (unpaired) electrons. The minimum atomic E-state index is -0.382. The SMILES string of the molecule is NC(=NCCCCc1ccc([N+](=O)[O-])cc1)NCCc1cccs1. The number of unbranched alkanes of at least 4 members (excludes halogenated alkanes) is 1. The number of thiophene rings is 1. The molecule has 0 amide bonds. The summed E-state index contributed by atoms with van der Waals surface area (Å²) in [6.45, 7) is 1.48. The summed E-state index contributed by atoms with van der Waals surface area (Å²) in [5, 5.41) is 15.8. The number of guanidine groups is 1. The van der Waals surface area contributed by atoms with Crippen LogP contribution in [0.25, 0.3) is 0 Å². The van der Waals surface area contributed by atoms with Crippen LogP contribution in [0.2, 0.25) is 0 Å². The van der Waals surface area contributed by atoms with Crippen LogP contribution < -0.4 is 11.1 Å². The maximum atomic E-state index is 10.6. The van der Waals surface area contributed by atoms with Crippen molar-refractivity contribution in [3.05, 3.63) is 62.3 Å². The summed E-state index contributed by atoms with van der Waals surface area (Å²) >= 11 is 1.74. The van der Waals surface area contributed by atoms with Gasteiger partial charge < -0.3 is 11.1 Å². The zero-order valence-corrected chi connectivity index (χ0v) is 14.3. The Morgan fingerprint density at radius 2 is 2.00 bits per heavy atom. The molecule has 0 unspecified atom stereocenters. The predicted molar refractivity (Wildman–Crippen MR) is 98.5 cm³/mol. The van der Waals surface area contributed by atoms with Crippen LogP contribution in [-0.4, -0.2) is 24.0 Å². The van der Waals surface area contributed by atoms with E-state index in [2.05, 4.69) is 21.8 Å². The average molecular weight is 346 g/mol. The Kier molecular flexibility index (Phi) is 7.22. The molecule has 1 aromatic heterocycles. The number of hydrogen-bond acceptors (Lipinski definition) is 4. The summed E-state index contributed by atoms with van der Waals surface area (Å²) in [7, 11) is 0. The zero-order valence-electron chi connectivity index (χ0n) is 13.5. The molecule has 0 aliphatic heterocycles. The first kappa shape index (κ1) is 17.9. The molecule has 2 rings (SSSR count). The van der Waals surface area contributed by atoms with E-state index in [1.165, 1.54) is 4.88 Å². The maximum absolute atomic E-state index is 10.6. The van der Waals surface area contributed by atoms with E-state index in [4.69, 9.17) is 5.73 Å². The number of benzene rings is 1. The standard InChI is InChI=1S/C17H22N4O2S/c18-17(20-12-10-16-5-3-13-24-16)19-11-2-1-4-14-6-8-15(9-7-14)21(22)23/h3,5-9,13H,1-2,4,10-12H2,(H3,18,19,20). The summed E-state index contributed by atoms with van der Waals surface area (Å²) in [5.74, 6) is 0.488. The van der Waals surface area contributed by atoms with Gasteiger partial charge in [0, 0.05) is 30.1 Å². The van der Waals surface area contributed by atoms with E-state index in [9.17, 15) is 10.1 Å². The topological polar surface area (TPSA) is 93.5 Å². The summed E-state index contributed by atoms with van der Waals surface area (Å²) < 4.78 is 0. The van der Waals surface area contributed by atoms with Gasteiger partial charge in [-0.1, -0.05) is 18.2 Å². The molecule has 128 valence electrons. The van der Waals surface area contributed by atoms with Crippen LogP contribution in [0.15, 0.2) is 46.8 Å². The highest BCUT2D eigenvalue weighted by Crippen LogP contribution is 2.13. The first-order valence-electron chi connectivity index (χ1n) is 7.94. The second kappa shape index (κ2) is 9.67. The highest BCUT2D eigenvalue weighted by Gasteiger charge is 2.03. The monoisotopic (exact) mass is 346 g/mol. The van der Waals surface area contributed by atoms with Gasteiger partial charge in [-0.05, 0) is 42.7 Å². The number of hydrogen-bond donors (Lipinski definition) is 2. The first-order chi connectivity index (χ1) is 11.6. The largest absolute Gasteiger partial charge is 0.370 e. The number of aliphatic imine (C=N–C) groups is 1. The molecule has 3 N–H and O–H groups in total. The van der Waals surface area contributed by atoms with Crippen molar-refractivity contribution in [2.45, 2.75) is 25.7 Å². The molecule has 1 heterocycles. The lowest BCUT2D eigenvalue weighted by molar-refractivity contribution is -0.384. The quantitative estimate of drug-likeness (QED) is 0.240. The van der Waals surface area contributed by atoms with Gasteiger partial charge in [0.05, 0.1) is 4.92 Å². The number of non-ortho nitro benzene ring substituents is 1. The summed E-state index contributed by atoms with van der Waals surface area (Å²) in [6.07, 6.45) is 3.75. The second-order valence-electron chi connectivity index (χ2n) is 5.40. The average Bonchev–Trinajstić information content (AvgIpc) is 3.08. The lowest BCUT2D eigenvalue weighted by Gasteiger charge is -2.05. The molecule has 7 heteroatoms. The van der Waals surface area contributed by atoms with E-state index in [0.29, 0.717) is 12.5 Å². The number of nitro benzene ring substituents is 1. The molecule has 24 heavy (non-hydrogen) atoms. The van der Waals surface area contributed by atoms with Crippen molar-refractivity contribution < 1.29 is 4.92 Å². The minimum absolute atomic E-state index is 0.129. The van der Waals surface area contributed by atoms with Crippen molar-refractivity contribution in [1.29, 1.82) is 0 Å². The molecule has 2 aromatic rings. The Morgan fingerprint density at radius 3 is 2.67 bits per heavy atom. The van der Waals surface area contributed by atoms with E-state index in [0.717, 1.165) is 37.8 Å². The molecule has 0 atom stereocenters. The Morgan fingerprint density at radius 1 is 1.21 bits per heavy atom. The van der Waals surface area contributed by atoms with Gasteiger partial charge >= 0.3 is 0 Å². The third-order valence-electron chi connectivity index (χ3n) is 3.56. The van der Waals surface area contributed by atoms with Crippen molar-refractivity contribution in [1.82, 2.24) is 5.32 Å². The molecule has 0 aliphatic rings. The lowest BCUT2D eigenvalue weighted by Crippen LogP contribution is -2.33. The number of nitrogens with two attached hydrogens (primary N) is 1. The van der Waals surface area contributed by atoms with Gasteiger partial charge in [-0.3, -0.25) is 15.1 Å². The van der Waals surface area contributed by atoms with E-state index in [1.807, 2.05) is 18.2 Å². The fourth-order valence-electron chi connectivity index (χ4n) is 2.25. The second-order valence-corrected chi connectivity index (χ2v) is 6.44. The third-order valence-corrected chi connectivity index (χ3v) is 4.50. The van der Waals surface area contributed by atoms with Gasteiger partial charge in [-0.2, -0.15) is 0 Å². The maximum Gasteiger partial charge on any atom is 0.269 e. The van der Waals surface area contributed by atoms with Crippen LogP contribution >= 0.6 is 11.3 Å². The molecule has 0 fully saturated rings. The molecule has 6 nitrogen and oxygen atoms in total. The highest BCUT2D eigenvalue weighted by molar-refractivity contribution is 7.09. The minimum Gasteiger partial charge on any atom is -0.370 e. The highest BCUT2D eigenvalue weighted by atomic mass is 32.1. The van der Waals surface area contributed by atoms with Crippen molar-refractivity contribution >= 4 is 23.0 Å². The molecule has 0 bridgehead atoms. The van der Waals surface area contributed by atoms with Gasteiger partial charge in [0.2, 0.25) is 0 Å². The van der Waals surface area contributed by atoms with Gasteiger partial charge in [0.25, 0.3) is 5.69 Å². The van der Waals surface area contributed by atoms with Crippen molar-refractivity contribution in [2.24, 2.45) is 10.7 Å². The van der Waals surface area contributed by atoms with Crippen molar-refractivity contribution in [2.75, 3.05) is 13.1 Å². The van der Waals surface area contributed by atoms with Crippen molar-refractivity contribution in [3.8, 4) is 0 Å². The molecule has 0 aliphatic carbocycles. The summed E-state index contributed by atoms with van der Waals surface area (Å²) in [4.78, 5) is 15.8. The van der Waals surface area contributed by atoms with Crippen LogP contribution in [-0.2, 0) is 12.8 Å². The molecule has 0 spiro atoms. The lowest BCUT2D eigenvalue weighted by atomic mass is 10.1. The molecule has 1 aromatic carbocycles. The van der Waals surface area contributed by atoms with Crippen molar-refractivity contribution in [3.63, 3.8) is 0 Å². The molecular formula is C17H22N4O2S. The fraction of sp³-hybridized carbons (Fsp3) is 0.353. The van der Waals surface area contributed by atoms with Crippen LogP contribution in [0.5, 0.6) is 0 Å². The number of aryl methyl sites for hydroxylation is 1. The Bertz CT molecular complexity index is 654. The number of nitrogens with zero attached hydrogens (tertiary/aromatic N) is 2. The van der Waals surface area contributed by atoms with Gasteiger partial charge in [-0.25, -0.2) is 0 Å². The normalized spacial score (nSPS) is 11.4. The number of nitrogens with one attached hydrogen (secondary N) is 1. The smallest absolute Gasteiger partial charge is 0.269 e. The van der Waals surface area contributed by atoms with Crippen LogP contribution in [0, 0.1) is 10.1 Å². The number of nitro groups is 1. The molecular weight excluding hydrogens is 324 g/mol. The summed E-state index contributed by atoms with van der Waals surface area (Å²) in [5.41, 5.74) is 7.06. The third kappa shape index (κ3) is 6.37. The van der Waals surface area contributed by atoms with Crippen LogP contribution in [0.4, 0.5) is 5.69 Å². The Labute approximate surface area is 145 Å². The Balaban J connectivity index is 1.58. The van der Waals surface area contributed by atoms with E-state index in [1.54, 1.807) is 23.5 Å². The van der Waals surface area contributed by atoms with Crippen LogP contribution in [0.1, 0.15) is 23.3 Å². The first-order valence-corrected chi connectivity index (χ1v) is 8.82. The summed E-state index contributed by atoms with van der Waals surface area (Å²) in [6, 6.07) is 10.9. The fourth-order valence-corrected chi connectivity index (χ4v) is 2.96. The van der Waals surface area contributed by atoms with E-state index in [-0.39, 0.29) is 10.6 Å². The van der Waals surface area contributed by atoms with Crippen LogP contribution in [0.3, 0.4) is 0 Å². The molecule has 0 saturated heterocycles. The molecule has 0 saturated carbocycles. The zero-order chi connectivity index (χ0) is 17.2. The van der Waals surface area contributed by atoms with Gasteiger partial charge in [0.1, 0.15) is 0 Å².